The van der Waals surface area contributed by atoms with Gasteiger partial charge in [-0.15, -0.1) is 40.8 Å². The van der Waals surface area contributed by atoms with Gasteiger partial charge in [-0.05, 0) is 102 Å². The molecule has 0 aliphatic heterocycles. The molecule has 0 saturated heterocycles. The van der Waals surface area contributed by atoms with Gasteiger partial charge in [-0.2, -0.15) is 0 Å². The Balaban J connectivity index is 0.00000507. The standard InChI is InChI=1S/C61H45N5O.Pt/c1-60(2,3)41-27-28-63-55(34-41)66-51-20-14-13-19-44(51)45-24-21-40(33-53(45)66)47-31-39-17-11-12-18-43(39)56-48(47)36-49(58-57(56)46-25-23-42(62-7)35-54(46)67-58)59-64-29-30-65(59)52-26-22-38(32-50(52)61(4,5)6)37-15-9-8-10-16-37;/h8-32,34-35H,1-6H3;/q-2;+2. The van der Waals surface area contributed by atoms with E-state index in [1.807, 2.05) is 36.8 Å². The number of para-hydroxylation sites is 1. The van der Waals surface area contributed by atoms with E-state index in [1.165, 1.54) is 16.7 Å². The second-order valence-electron chi connectivity index (χ2n) is 19.6. The molecule has 8 aromatic carbocycles. The molecule has 0 aliphatic carbocycles. The molecule has 0 spiro atoms. The van der Waals surface area contributed by atoms with Crippen LogP contribution in [0.3, 0.4) is 0 Å². The Morgan fingerprint density at radius 1 is 0.632 bits per heavy atom. The second kappa shape index (κ2) is 16.0. The van der Waals surface area contributed by atoms with Gasteiger partial charge < -0.3 is 13.6 Å². The van der Waals surface area contributed by atoms with E-state index in [1.54, 1.807) is 0 Å². The summed E-state index contributed by atoms with van der Waals surface area (Å²) in [4.78, 5) is 13.9. The SMILES string of the molecule is [C-]#[N+]c1ccc2c(c1)oc1c(-c3nccn3-c3ccc(-c4ccccc4)cc3C(C)(C)C)[c-]c3c(-c4[c-]c5c(cc4)c4ccccc4n5-c4cc(C(C)(C)C)ccn4)cc4ccccc4c3c12.[Pt+2]. The van der Waals surface area contributed by atoms with Crippen LogP contribution in [0.25, 0.3) is 115 Å². The first-order valence-electron chi connectivity index (χ1n) is 22.8. The molecule has 0 unspecified atom stereocenters. The van der Waals surface area contributed by atoms with Gasteiger partial charge in [-0.1, -0.05) is 149 Å². The van der Waals surface area contributed by atoms with Gasteiger partial charge in [0, 0.05) is 35.2 Å². The van der Waals surface area contributed by atoms with Crippen LogP contribution in [0, 0.1) is 18.7 Å². The number of aromatic nitrogens is 4. The first-order chi connectivity index (χ1) is 32.4. The van der Waals surface area contributed by atoms with Crippen LogP contribution in [0.5, 0.6) is 0 Å². The number of rotatable bonds is 5. The zero-order valence-corrected chi connectivity index (χ0v) is 40.8. The maximum Gasteiger partial charge on any atom is 2.00 e. The number of nitrogens with zero attached hydrogens (tertiary/aromatic N) is 5. The van der Waals surface area contributed by atoms with Gasteiger partial charge in [0.2, 0.25) is 0 Å². The zero-order chi connectivity index (χ0) is 45.8. The Kier molecular flexibility index (Phi) is 10.2. The maximum absolute atomic E-state index is 7.89. The summed E-state index contributed by atoms with van der Waals surface area (Å²) in [6, 6.07) is 59.1. The average molecular weight is 1060 g/mol. The zero-order valence-electron chi connectivity index (χ0n) is 38.5. The van der Waals surface area contributed by atoms with Crippen LogP contribution in [0.1, 0.15) is 52.7 Å². The van der Waals surface area contributed by atoms with Crippen molar-refractivity contribution in [2.45, 2.75) is 52.4 Å². The van der Waals surface area contributed by atoms with Crippen molar-refractivity contribution >= 4 is 71.0 Å². The Labute approximate surface area is 409 Å². The summed E-state index contributed by atoms with van der Waals surface area (Å²) >= 11 is 0. The van der Waals surface area contributed by atoms with E-state index in [4.69, 9.17) is 21.0 Å². The average Bonchev–Trinajstić information content (AvgIpc) is 4.07. The van der Waals surface area contributed by atoms with Crippen molar-refractivity contribution in [1.29, 1.82) is 0 Å². The van der Waals surface area contributed by atoms with E-state index in [2.05, 4.69) is 195 Å². The first-order valence-corrected chi connectivity index (χ1v) is 22.8. The number of hydrogen-bond donors (Lipinski definition) is 0. The van der Waals surface area contributed by atoms with Crippen LogP contribution < -0.4 is 0 Å². The smallest absolute Gasteiger partial charge is 0.493 e. The molecular formula is C61H45N5OPt. The Bertz CT molecular complexity index is 4020. The Morgan fingerprint density at radius 2 is 1.40 bits per heavy atom. The minimum atomic E-state index is -0.202. The van der Waals surface area contributed by atoms with E-state index in [9.17, 15) is 0 Å². The summed E-state index contributed by atoms with van der Waals surface area (Å²) < 4.78 is 11.4. The molecule has 6 nitrogen and oxygen atoms in total. The van der Waals surface area contributed by atoms with Crippen molar-refractivity contribution in [3.8, 4) is 45.1 Å². The van der Waals surface area contributed by atoms with Crippen molar-refractivity contribution in [2.24, 2.45) is 0 Å². The summed E-state index contributed by atoms with van der Waals surface area (Å²) in [6.45, 7) is 21.4. The number of fused-ring (bicyclic) bond motifs is 10. The van der Waals surface area contributed by atoms with Crippen LogP contribution in [-0.4, -0.2) is 19.1 Å². The van der Waals surface area contributed by atoms with Gasteiger partial charge in [0.15, 0.2) is 5.69 Å². The fourth-order valence-corrected chi connectivity index (χ4v) is 10.0. The van der Waals surface area contributed by atoms with Gasteiger partial charge in [0.1, 0.15) is 11.4 Å². The summed E-state index contributed by atoms with van der Waals surface area (Å²) in [5.74, 6) is 1.56. The summed E-state index contributed by atoms with van der Waals surface area (Å²) in [7, 11) is 0. The molecule has 68 heavy (non-hydrogen) atoms. The monoisotopic (exact) mass is 1060 g/mol. The third-order valence-corrected chi connectivity index (χ3v) is 13.3. The predicted octanol–water partition coefficient (Wildman–Crippen LogP) is 16.3. The summed E-state index contributed by atoms with van der Waals surface area (Å²) in [5, 5.41) is 8.24. The van der Waals surface area contributed by atoms with E-state index in [0.29, 0.717) is 22.7 Å². The molecule has 0 fully saturated rings. The largest absolute Gasteiger partial charge is 2.00 e. The molecule has 4 aromatic heterocycles. The number of imidazole rings is 1. The minimum absolute atomic E-state index is 0. The van der Waals surface area contributed by atoms with E-state index >= 15 is 0 Å². The van der Waals surface area contributed by atoms with Gasteiger partial charge in [0.25, 0.3) is 0 Å². The number of furan rings is 1. The first kappa shape index (κ1) is 43.0. The quantitative estimate of drug-likeness (QED) is 0.127. The van der Waals surface area contributed by atoms with Crippen molar-refractivity contribution in [1.82, 2.24) is 19.1 Å². The third kappa shape index (κ3) is 6.87. The molecular weight excluding hydrogens is 1010 g/mol. The molecule has 4 heterocycles. The summed E-state index contributed by atoms with van der Waals surface area (Å²) in [6.07, 6.45) is 5.82. The van der Waals surface area contributed by atoms with Gasteiger partial charge in [-0.3, -0.25) is 4.98 Å². The fourth-order valence-electron chi connectivity index (χ4n) is 10.0. The molecule has 0 radical (unpaired) electrons. The van der Waals surface area contributed by atoms with Crippen LogP contribution in [0.15, 0.2) is 169 Å². The molecule has 0 amide bonds. The molecule has 0 bridgehead atoms. The van der Waals surface area contributed by atoms with E-state index < -0.39 is 0 Å². The van der Waals surface area contributed by atoms with Gasteiger partial charge >= 0.3 is 21.1 Å². The number of benzene rings is 8. The Hall–Kier alpha value is -7.58. The van der Waals surface area contributed by atoms with Crippen LogP contribution in [0.4, 0.5) is 5.69 Å². The molecule has 0 N–H and O–H groups in total. The van der Waals surface area contributed by atoms with Crippen molar-refractivity contribution in [3.05, 3.63) is 199 Å². The van der Waals surface area contributed by atoms with Crippen LogP contribution in [-0.2, 0) is 31.9 Å². The number of pyridine rings is 1. The second-order valence-corrected chi connectivity index (χ2v) is 19.6. The maximum atomic E-state index is 7.89. The van der Waals surface area contributed by atoms with Gasteiger partial charge in [-0.25, -0.2) is 9.83 Å². The van der Waals surface area contributed by atoms with Gasteiger partial charge in [0.05, 0.1) is 18.0 Å². The van der Waals surface area contributed by atoms with E-state index in [-0.39, 0.29) is 31.9 Å². The molecule has 7 heteroatoms. The molecule has 12 aromatic rings. The molecule has 0 atom stereocenters. The van der Waals surface area contributed by atoms with Crippen molar-refractivity contribution in [2.75, 3.05) is 0 Å². The molecule has 330 valence electrons. The molecule has 12 rings (SSSR count). The predicted molar refractivity (Wildman–Crippen MR) is 276 cm³/mol. The Morgan fingerprint density at radius 3 is 2.19 bits per heavy atom. The van der Waals surface area contributed by atoms with Crippen LogP contribution in [0.2, 0.25) is 0 Å². The van der Waals surface area contributed by atoms with E-state index in [0.717, 1.165) is 87.9 Å². The van der Waals surface area contributed by atoms with Crippen molar-refractivity contribution in [3.63, 3.8) is 0 Å². The van der Waals surface area contributed by atoms with Crippen LogP contribution >= 0.6 is 0 Å². The van der Waals surface area contributed by atoms with Crippen molar-refractivity contribution < 1.29 is 25.5 Å². The third-order valence-electron chi connectivity index (χ3n) is 13.3. The minimum Gasteiger partial charge on any atom is -0.493 e. The molecule has 0 saturated carbocycles. The topological polar surface area (TPSA) is 53.1 Å². The summed E-state index contributed by atoms with van der Waals surface area (Å²) in [5.41, 5.74) is 12.0. The normalized spacial score (nSPS) is 12.1. The number of hydrogen-bond acceptors (Lipinski definition) is 3. The fraction of sp³-hybridized carbons (Fsp3) is 0.131. The molecule has 0 aliphatic rings.